The molecule has 5 heteroatoms. The quantitative estimate of drug-likeness (QED) is 0.174. The fourth-order valence-electron chi connectivity index (χ4n) is 9.50. The summed E-state index contributed by atoms with van der Waals surface area (Å²) in [6, 6.07) is 74.1. The molecule has 0 saturated heterocycles. The first-order valence-corrected chi connectivity index (χ1v) is 21.7. The van der Waals surface area contributed by atoms with E-state index in [0.717, 1.165) is 49.7 Å². The van der Waals surface area contributed by atoms with Crippen molar-refractivity contribution in [1.82, 2.24) is 19.5 Å². The molecule has 13 rings (SSSR count). The highest BCUT2D eigenvalue weighted by Gasteiger charge is 2.22. The van der Waals surface area contributed by atoms with Crippen molar-refractivity contribution in [1.29, 1.82) is 0 Å². The molecule has 0 unspecified atom stereocenters. The Balaban J connectivity index is 1.13. The van der Waals surface area contributed by atoms with Crippen LogP contribution in [0.15, 0.2) is 206 Å². The van der Waals surface area contributed by atoms with Gasteiger partial charge in [0, 0.05) is 53.2 Å². The zero-order chi connectivity index (χ0) is 40.7. The van der Waals surface area contributed by atoms with E-state index >= 15 is 0 Å². The molecular weight excluding hydrogens is 773 g/mol. The molecule has 10 aromatic carbocycles. The Hall–Kier alpha value is -7.99. The lowest BCUT2D eigenvalue weighted by Gasteiger charge is -2.17. The van der Waals surface area contributed by atoms with E-state index < -0.39 is 0 Å². The lowest BCUT2D eigenvalue weighted by atomic mass is 9.95. The number of benzene rings is 10. The Kier molecular flexibility index (Phi) is 7.74. The van der Waals surface area contributed by atoms with E-state index in [4.69, 9.17) is 15.0 Å². The van der Waals surface area contributed by atoms with E-state index in [2.05, 4.69) is 193 Å². The summed E-state index contributed by atoms with van der Waals surface area (Å²) in [4.78, 5) is 15.7. The predicted octanol–water partition coefficient (Wildman–Crippen LogP) is 15.5. The Morgan fingerprint density at radius 3 is 1.73 bits per heavy atom. The number of thiophene rings is 1. The van der Waals surface area contributed by atoms with Gasteiger partial charge in [-0.2, -0.15) is 0 Å². The first-order chi connectivity index (χ1) is 30.7. The SMILES string of the molecule is c1ccc(-c2nc(-c3ccc(-n4c5ccccc5c5cc6ccccc6cc54)c(-c4cccc5sc6cc7ccccc7cc6c45)c3)nc(-c3cccc4ccccc34)n2)cc1. The summed E-state index contributed by atoms with van der Waals surface area (Å²) >= 11 is 1.86. The zero-order valence-corrected chi connectivity index (χ0v) is 34.1. The highest BCUT2D eigenvalue weighted by atomic mass is 32.1. The van der Waals surface area contributed by atoms with Gasteiger partial charge in [-0.1, -0.05) is 152 Å². The molecule has 0 radical (unpaired) electrons. The topological polar surface area (TPSA) is 43.6 Å². The summed E-state index contributed by atoms with van der Waals surface area (Å²) in [5.74, 6) is 1.90. The molecule has 0 aliphatic rings. The van der Waals surface area contributed by atoms with Gasteiger partial charge in [-0.15, -0.1) is 11.3 Å². The highest BCUT2D eigenvalue weighted by Crippen LogP contribution is 2.46. The standard InChI is InChI=1S/C57H34N4S/c1-2-15-36(16-3-1)55-58-56(60-57(59-55)45-25-12-21-35-14-8-9-22-42(35)45)41-28-29-50(61-49-26-11-10-23-43(49)46-30-37-17-4-6-19-39(37)33-51(46)61)47(32-41)44-24-13-27-52-54(44)48-31-38-18-5-7-20-40(38)34-53(48)62-52/h1-34H. The van der Waals surface area contributed by atoms with E-state index in [1.54, 1.807) is 0 Å². The maximum atomic E-state index is 5.32. The van der Waals surface area contributed by atoms with Gasteiger partial charge in [0.05, 0.1) is 16.7 Å². The first kappa shape index (κ1) is 34.8. The van der Waals surface area contributed by atoms with Gasteiger partial charge in [0.25, 0.3) is 0 Å². The molecule has 0 amide bonds. The number of hydrogen-bond acceptors (Lipinski definition) is 4. The van der Waals surface area contributed by atoms with Gasteiger partial charge in [0.2, 0.25) is 0 Å². The number of hydrogen-bond donors (Lipinski definition) is 0. The Morgan fingerprint density at radius 2 is 0.919 bits per heavy atom. The monoisotopic (exact) mass is 806 g/mol. The number of para-hydroxylation sites is 1. The minimum absolute atomic E-state index is 0.621. The molecule has 0 atom stereocenters. The van der Waals surface area contributed by atoms with E-state index in [1.807, 2.05) is 29.5 Å². The van der Waals surface area contributed by atoms with Crippen molar-refractivity contribution in [2.24, 2.45) is 0 Å². The Bertz CT molecular complexity index is 3930. The Morgan fingerprint density at radius 1 is 0.323 bits per heavy atom. The van der Waals surface area contributed by atoms with E-state index in [0.29, 0.717) is 17.5 Å². The van der Waals surface area contributed by atoms with Crippen molar-refractivity contribution < 1.29 is 0 Å². The summed E-state index contributed by atoms with van der Waals surface area (Å²) in [5.41, 5.74) is 8.51. The molecule has 3 heterocycles. The third-order valence-electron chi connectivity index (χ3n) is 12.4. The van der Waals surface area contributed by atoms with Crippen molar-refractivity contribution in [3.8, 4) is 51.0 Å². The van der Waals surface area contributed by atoms with E-state index in [1.165, 1.54) is 58.1 Å². The van der Waals surface area contributed by atoms with Crippen LogP contribution in [0.4, 0.5) is 0 Å². The number of fused-ring (bicyclic) bond motifs is 9. The van der Waals surface area contributed by atoms with Crippen LogP contribution in [0.2, 0.25) is 0 Å². The van der Waals surface area contributed by atoms with Crippen molar-refractivity contribution in [3.05, 3.63) is 206 Å². The van der Waals surface area contributed by atoms with Crippen molar-refractivity contribution >= 4 is 85.6 Å². The Labute approximate surface area is 360 Å². The summed E-state index contributed by atoms with van der Waals surface area (Å²) in [6.45, 7) is 0. The van der Waals surface area contributed by atoms with Crippen LogP contribution in [0.5, 0.6) is 0 Å². The molecule has 62 heavy (non-hydrogen) atoms. The molecule has 0 saturated carbocycles. The molecule has 288 valence electrons. The summed E-state index contributed by atoms with van der Waals surface area (Å²) in [5, 5.41) is 12.1. The molecule has 0 aliphatic carbocycles. The second kappa shape index (κ2) is 13.8. The van der Waals surface area contributed by atoms with E-state index in [9.17, 15) is 0 Å². The first-order valence-electron chi connectivity index (χ1n) is 20.9. The summed E-state index contributed by atoms with van der Waals surface area (Å²) < 4.78 is 4.99. The normalized spacial score (nSPS) is 11.9. The maximum absolute atomic E-state index is 5.32. The lowest BCUT2D eigenvalue weighted by Crippen LogP contribution is -2.02. The fourth-order valence-corrected chi connectivity index (χ4v) is 10.7. The van der Waals surface area contributed by atoms with Gasteiger partial charge in [0.1, 0.15) is 0 Å². The molecule has 0 N–H and O–H groups in total. The third kappa shape index (κ3) is 5.49. The highest BCUT2D eigenvalue weighted by molar-refractivity contribution is 7.26. The van der Waals surface area contributed by atoms with Crippen LogP contribution in [-0.2, 0) is 0 Å². The number of aromatic nitrogens is 4. The van der Waals surface area contributed by atoms with Gasteiger partial charge in [0.15, 0.2) is 17.5 Å². The molecule has 0 fully saturated rings. The molecule has 3 aromatic heterocycles. The smallest absolute Gasteiger partial charge is 0.164 e. The second-order valence-electron chi connectivity index (χ2n) is 16.0. The van der Waals surface area contributed by atoms with Crippen LogP contribution in [0, 0.1) is 0 Å². The number of rotatable bonds is 5. The van der Waals surface area contributed by atoms with Crippen LogP contribution < -0.4 is 0 Å². The zero-order valence-electron chi connectivity index (χ0n) is 33.3. The predicted molar refractivity (Wildman–Crippen MR) is 261 cm³/mol. The van der Waals surface area contributed by atoms with Crippen molar-refractivity contribution in [2.45, 2.75) is 0 Å². The summed E-state index contributed by atoms with van der Waals surface area (Å²) in [7, 11) is 0. The molecular formula is C57H34N4S. The maximum Gasteiger partial charge on any atom is 0.164 e. The minimum atomic E-state index is 0.621. The molecule has 13 aromatic rings. The van der Waals surface area contributed by atoms with Gasteiger partial charge in [-0.25, -0.2) is 15.0 Å². The van der Waals surface area contributed by atoms with Gasteiger partial charge in [-0.05, 0) is 92.5 Å². The van der Waals surface area contributed by atoms with Gasteiger partial charge < -0.3 is 4.57 Å². The van der Waals surface area contributed by atoms with Crippen LogP contribution in [0.25, 0.3) is 125 Å². The summed E-state index contributed by atoms with van der Waals surface area (Å²) in [6.07, 6.45) is 0. The lowest BCUT2D eigenvalue weighted by molar-refractivity contribution is 1.07. The average Bonchev–Trinajstić information content (AvgIpc) is 3.86. The van der Waals surface area contributed by atoms with Crippen molar-refractivity contribution in [2.75, 3.05) is 0 Å². The average molecular weight is 807 g/mol. The largest absolute Gasteiger partial charge is 0.309 e. The van der Waals surface area contributed by atoms with E-state index in [-0.39, 0.29) is 0 Å². The van der Waals surface area contributed by atoms with Gasteiger partial charge in [-0.3, -0.25) is 0 Å². The van der Waals surface area contributed by atoms with Crippen LogP contribution in [-0.4, -0.2) is 19.5 Å². The van der Waals surface area contributed by atoms with Crippen LogP contribution in [0.1, 0.15) is 0 Å². The number of nitrogens with zero attached hydrogens (tertiary/aromatic N) is 4. The molecule has 0 bridgehead atoms. The minimum Gasteiger partial charge on any atom is -0.309 e. The molecule has 4 nitrogen and oxygen atoms in total. The van der Waals surface area contributed by atoms with Gasteiger partial charge >= 0.3 is 0 Å². The molecule has 0 spiro atoms. The second-order valence-corrected chi connectivity index (χ2v) is 17.1. The fraction of sp³-hybridized carbons (Fsp3) is 0. The third-order valence-corrected chi connectivity index (χ3v) is 13.5. The van der Waals surface area contributed by atoms with Crippen LogP contribution in [0.3, 0.4) is 0 Å². The van der Waals surface area contributed by atoms with Crippen molar-refractivity contribution in [3.63, 3.8) is 0 Å². The molecule has 0 aliphatic heterocycles. The van der Waals surface area contributed by atoms with Crippen LogP contribution >= 0.6 is 11.3 Å².